The molecule has 2 aliphatic carbocycles. The number of ether oxygens (including phenoxy) is 3. The monoisotopic (exact) mass is 611 g/mol. The van der Waals surface area contributed by atoms with E-state index in [-0.39, 0.29) is 36.0 Å². The Hall–Kier alpha value is -2.69. The standard InChI is InChI=1S/C34H49N3O7/c1-22(2)42-20-6-5-7-28(39)35-16-18-36(19-17-35)32(40)43-27-11-8-23(3)29-30(27)44-31-26(38)12-13-34(41)24(4)37(21-25-9-10-25)15-14-33(29,31)34/h8,11,22,24-25,31,41H,5-7,9-10,12-21H2,1-4H3/t24-,31+,33+,34-/m1/s1. The maximum Gasteiger partial charge on any atom is 0.415 e. The quantitative estimate of drug-likeness (QED) is 0.420. The van der Waals surface area contributed by atoms with Crippen LogP contribution in [0.25, 0.3) is 0 Å². The van der Waals surface area contributed by atoms with Gasteiger partial charge in [-0.25, -0.2) is 4.79 Å². The van der Waals surface area contributed by atoms with Crippen molar-refractivity contribution < 1.29 is 33.7 Å². The van der Waals surface area contributed by atoms with Crippen LogP contribution >= 0.6 is 0 Å². The molecule has 1 N–H and O–H groups in total. The number of carbonyl (C=O) groups is 3. The van der Waals surface area contributed by atoms with Crippen LogP contribution in [0.1, 0.15) is 83.3 Å². The molecule has 1 spiro atoms. The summed E-state index contributed by atoms with van der Waals surface area (Å²) in [5.41, 5.74) is -0.269. The van der Waals surface area contributed by atoms with E-state index in [2.05, 4.69) is 11.8 Å². The number of hydrogen-bond acceptors (Lipinski definition) is 8. The first-order valence-electron chi connectivity index (χ1n) is 16.7. The summed E-state index contributed by atoms with van der Waals surface area (Å²) in [5, 5.41) is 12.5. The Morgan fingerprint density at radius 3 is 2.50 bits per heavy atom. The largest absolute Gasteiger partial charge is 0.477 e. The van der Waals surface area contributed by atoms with Crippen LogP contribution in [0.15, 0.2) is 12.1 Å². The zero-order valence-electron chi connectivity index (χ0n) is 26.8. The number of aliphatic hydroxyl groups is 1. The summed E-state index contributed by atoms with van der Waals surface area (Å²) in [6.07, 6.45) is 4.76. The molecule has 4 fully saturated rings. The second kappa shape index (κ2) is 12.2. The lowest BCUT2D eigenvalue weighted by molar-refractivity contribution is -0.181. The Bertz CT molecular complexity index is 1270. The van der Waals surface area contributed by atoms with Crippen LogP contribution in [0.5, 0.6) is 11.5 Å². The Kier molecular flexibility index (Phi) is 8.71. The highest BCUT2D eigenvalue weighted by Crippen LogP contribution is 2.62. The molecule has 3 heterocycles. The van der Waals surface area contributed by atoms with E-state index in [1.54, 1.807) is 11.0 Å². The molecule has 44 heavy (non-hydrogen) atoms. The van der Waals surface area contributed by atoms with Gasteiger partial charge in [0.05, 0.1) is 17.1 Å². The highest BCUT2D eigenvalue weighted by atomic mass is 16.6. The fraction of sp³-hybridized carbons (Fsp3) is 0.735. The SMILES string of the molecule is Cc1ccc(OC(=O)N2CCN(C(=O)CCCCOC(C)C)CC2)c2c1[C@]13CCN(CC4CC4)[C@H](C)[C@]1(O)CCC(=O)[C@@H]3O2. The molecule has 5 aliphatic rings. The van der Waals surface area contributed by atoms with Gasteiger partial charge in [-0.3, -0.25) is 14.5 Å². The molecule has 1 aromatic carbocycles. The molecule has 2 saturated heterocycles. The van der Waals surface area contributed by atoms with Gasteiger partial charge in [-0.1, -0.05) is 6.07 Å². The predicted molar refractivity (Wildman–Crippen MR) is 164 cm³/mol. The number of carbonyl (C=O) groups excluding carboxylic acids is 3. The minimum Gasteiger partial charge on any atom is -0.477 e. The van der Waals surface area contributed by atoms with E-state index in [0.717, 1.165) is 37.1 Å². The van der Waals surface area contributed by atoms with Crippen LogP contribution < -0.4 is 9.47 Å². The molecular formula is C34H49N3O7. The number of fused-ring (bicyclic) bond motifs is 1. The number of rotatable bonds is 9. The summed E-state index contributed by atoms with van der Waals surface area (Å²) < 4.78 is 18.0. The highest BCUT2D eigenvalue weighted by molar-refractivity contribution is 5.90. The van der Waals surface area contributed by atoms with Gasteiger partial charge in [-0.2, -0.15) is 0 Å². The number of Topliss-reactive ketones (excluding diaryl/α,β-unsaturated/α-hetero) is 1. The van der Waals surface area contributed by atoms with E-state index < -0.39 is 23.2 Å². The lowest BCUT2D eigenvalue weighted by Gasteiger charge is -2.59. The number of aryl methyl sites for hydroxylation is 1. The van der Waals surface area contributed by atoms with E-state index in [9.17, 15) is 19.5 Å². The summed E-state index contributed by atoms with van der Waals surface area (Å²) >= 11 is 0. The summed E-state index contributed by atoms with van der Waals surface area (Å²) in [6, 6.07) is 3.52. The number of hydrogen-bond donors (Lipinski definition) is 1. The van der Waals surface area contributed by atoms with Crippen LogP contribution in [0, 0.1) is 12.8 Å². The average Bonchev–Trinajstić information content (AvgIpc) is 3.75. The number of benzene rings is 1. The summed E-state index contributed by atoms with van der Waals surface area (Å²) in [5.74, 6) is 1.49. The summed E-state index contributed by atoms with van der Waals surface area (Å²) in [4.78, 5) is 45.3. The summed E-state index contributed by atoms with van der Waals surface area (Å²) in [7, 11) is 0. The molecule has 242 valence electrons. The molecule has 6 rings (SSSR count). The molecule has 0 bridgehead atoms. The molecule has 2 saturated carbocycles. The van der Waals surface area contributed by atoms with E-state index in [1.807, 2.05) is 31.7 Å². The van der Waals surface area contributed by atoms with Crippen molar-refractivity contribution in [2.45, 2.75) is 108 Å². The molecular weight excluding hydrogens is 562 g/mol. The lowest BCUT2D eigenvalue weighted by atomic mass is 9.52. The number of piperazine rings is 1. The van der Waals surface area contributed by atoms with Gasteiger partial charge in [0.2, 0.25) is 5.91 Å². The highest BCUT2D eigenvalue weighted by Gasteiger charge is 2.70. The third-order valence-electron chi connectivity index (χ3n) is 10.8. The zero-order valence-corrected chi connectivity index (χ0v) is 26.8. The van der Waals surface area contributed by atoms with E-state index in [1.165, 1.54) is 12.8 Å². The van der Waals surface area contributed by atoms with E-state index >= 15 is 0 Å². The van der Waals surface area contributed by atoms with Crippen molar-refractivity contribution in [3.63, 3.8) is 0 Å². The molecule has 3 aliphatic heterocycles. The number of unbranched alkanes of at least 4 members (excludes halogenated alkanes) is 1. The first-order chi connectivity index (χ1) is 21.0. The van der Waals surface area contributed by atoms with Gasteiger partial charge in [-0.05, 0) is 90.3 Å². The van der Waals surface area contributed by atoms with Gasteiger partial charge in [0.1, 0.15) is 0 Å². The van der Waals surface area contributed by atoms with Crippen molar-refractivity contribution in [2.75, 3.05) is 45.9 Å². The first-order valence-corrected chi connectivity index (χ1v) is 16.7. The van der Waals surface area contributed by atoms with E-state index in [4.69, 9.17) is 14.2 Å². The number of piperidine rings is 1. The van der Waals surface area contributed by atoms with Gasteiger partial charge in [-0.15, -0.1) is 0 Å². The number of amides is 2. The third-order valence-corrected chi connectivity index (χ3v) is 10.8. The van der Waals surface area contributed by atoms with Crippen LogP contribution in [0.3, 0.4) is 0 Å². The number of ketones is 1. The number of nitrogens with zero attached hydrogens (tertiary/aromatic N) is 3. The molecule has 10 heteroatoms. The molecule has 0 unspecified atom stereocenters. The topological polar surface area (TPSA) is 109 Å². The van der Waals surface area contributed by atoms with Crippen LogP contribution in [0.2, 0.25) is 0 Å². The normalized spacial score (nSPS) is 30.1. The fourth-order valence-electron chi connectivity index (χ4n) is 8.12. The Morgan fingerprint density at radius 1 is 1.07 bits per heavy atom. The van der Waals surface area contributed by atoms with Crippen molar-refractivity contribution in [3.8, 4) is 11.5 Å². The molecule has 0 aromatic heterocycles. The van der Waals surface area contributed by atoms with Gasteiger partial charge >= 0.3 is 6.09 Å². The summed E-state index contributed by atoms with van der Waals surface area (Å²) in [6.45, 7) is 12.2. The Balaban J connectivity index is 1.14. The lowest BCUT2D eigenvalue weighted by Crippen LogP contribution is -2.74. The minimum absolute atomic E-state index is 0.00127. The first kappa shape index (κ1) is 31.3. The molecule has 2 amide bonds. The van der Waals surface area contributed by atoms with Crippen molar-refractivity contribution in [1.29, 1.82) is 0 Å². The van der Waals surface area contributed by atoms with Gasteiger partial charge in [0.25, 0.3) is 0 Å². The molecule has 0 radical (unpaired) electrons. The smallest absolute Gasteiger partial charge is 0.415 e. The van der Waals surface area contributed by atoms with Crippen molar-refractivity contribution >= 4 is 17.8 Å². The molecule has 4 atom stereocenters. The van der Waals surface area contributed by atoms with Crippen molar-refractivity contribution in [3.05, 3.63) is 23.3 Å². The molecule has 10 nitrogen and oxygen atoms in total. The van der Waals surface area contributed by atoms with Crippen molar-refractivity contribution in [1.82, 2.24) is 14.7 Å². The fourth-order valence-corrected chi connectivity index (χ4v) is 8.12. The van der Waals surface area contributed by atoms with Gasteiger partial charge in [0.15, 0.2) is 23.4 Å². The second-order valence-electron chi connectivity index (χ2n) is 13.9. The van der Waals surface area contributed by atoms with Crippen LogP contribution in [0.4, 0.5) is 4.79 Å². The zero-order chi connectivity index (χ0) is 31.2. The minimum atomic E-state index is -1.14. The van der Waals surface area contributed by atoms with Gasteiger partial charge < -0.3 is 29.1 Å². The maximum atomic E-state index is 13.4. The molecule has 1 aromatic rings. The Labute approximate surface area is 261 Å². The second-order valence-corrected chi connectivity index (χ2v) is 13.9. The average molecular weight is 612 g/mol. The Morgan fingerprint density at radius 2 is 1.80 bits per heavy atom. The van der Waals surface area contributed by atoms with Crippen molar-refractivity contribution in [2.24, 2.45) is 5.92 Å². The van der Waals surface area contributed by atoms with Crippen LogP contribution in [-0.2, 0) is 19.7 Å². The number of likely N-dealkylation sites (tertiary alicyclic amines) is 1. The van der Waals surface area contributed by atoms with Crippen LogP contribution in [-0.4, -0.2) is 107 Å². The van der Waals surface area contributed by atoms with Gasteiger partial charge in [0, 0.05) is 63.8 Å². The third kappa shape index (κ3) is 5.51. The van der Waals surface area contributed by atoms with E-state index in [0.29, 0.717) is 63.7 Å². The predicted octanol–water partition coefficient (Wildman–Crippen LogP) is 3.83. The maximum absolute atomic E-state index is 13.4.